The fraction of sp³-hybridized carbons (Fsp3) is 0.435. The summed E-state index contributed by atoms with van der Waals surface area (Å²) in [5, 5.41) is 0. The minimum absolute atomic E-state index is 0.0203. The number of amides is 1. The highest BCUT2D eigenvalue weighted by molar-refractivity contribution is 5.98. The molecule has 1 amide bonds. The number of hydrogen-bond acceptors (Lipinski definition) is 3. The number of likely N-dealkylation sites (tertiary alicyclic amines) is 1. The summed E-state index contributed by atoms with van der Waals surface area (Å²) in [5.41, 5.74) is 1.32. The summed E-state index contributed by atoms with van der Waals surface area (Å²) in [7, 11) is 1.82. The molecule has 29 heavy (non-hydrogen) atoms. The van der Waals surface area contributed by atoms with Gasteiger partial charge in [-0.2, -0.15) is 0 Å². The molecule has 0 bridgehead atoms. The Morgan fingerprint density at radius 3 is 2.59 bits per heavy atom. The Morgan fingerprint density at radius 1 is 1.10 bits per heavy atom. The molecule has 2 aliphatic heterocycles. The first-order valence-electron chi connectivity index (χ1n) is 10.1. The summed E-state index contributed by atoms with van der Waals surface area (Å²) in [6, 6.07) is 8.52. The second-order valence-corrected chi connectivity index (χ2v) is 8.42. The molecule has 0 spiro atoms. The number of carbonyl (C=O) groups excluding carboxylic acids is 1. The highest BCUT2D eigenvalue weighted by Crippen LogP contribution is 2.35. The third-order valence-electron chi connectivity index (χ3n) is 5.89. The fourth-order valence-corrected chi connectivity index (χ4v) is 4.14. The van der Waals surface area contributed by atoms with E-state index in [4.69, 9.17) is 4.74 Å². The van der Waals surface area contributed by atoms with E-state index in [1.807, 2.05) is 7.05 Å². The number of fused-ring (bicyclic) bond motifs is 2. The Kier molecular flexibility index (Phi) is 5.30. The summed E-state index contributed by atoms with van der Waals surface area (Å²) < 4.78 is 33.8. The molecule has 0 aromatic heterocycles. The molecule has 2 heterocycles. The number of benzene rings is 2. The van der Waals surface area contributed by atoms with Gasteiger partial charge < -0.3 is 9.64 Å². The van der Waals surface area contributed by atoms with Crippen LogP contribution in [0, 0.1) is 17.6 Å². The van der Waals surface area contributed by atoms with Crippen molar-refractivity contribution in [2.75, 3.05) is 26.7 Å². The molecule has 2 aromatic rings. The van der Waals surface area contributed by atoms with Gasteiger partial charge in [0.2, 0.25) is 0 Å². The highest BCUT2D eigenvalue weighted by atomic mass is 19.1. The lowest BCUT2D eigenvalue weighted by atomic mass is 10.0. The Labute approximate surface area is 170 Å². The van der Waals surface area contributed by atoms with Gasteiger partial charge in [-0.15, -0.1) is 0 Å². The molecule has 2 aliphatic rings. The highest BCUT2D eigenvalue weighted by Gasteiger charge is 2.42. The van der Waals surface area contributed by atoms with E-state index in [9.17, 15) is 13.6 Å². The molecule has 1 fully saturated rings. The molecule has 0 saturated carbocycles. The van der Waals surface area contributed by atoms with Crippen molar-refractivity contribution in [1.82, 2.24) is 9.80 Å². The second-order valence-electron chi connectivity index (χ2n) is 8.42. The van der Waals surface area contributed by atoms with E-state index < -0.39 is 11.6 Å². The van der Waals surface area contributed by atoms with Crippen molar-refractivity contribution in [1.29, 1.82) is 0 Å². The van der Waals surface area contributed by atoms with Crippen molar-refractivity contribution in [2.45, 2.75) is 32.4 Å². The van der Waals surface area contributed by atoms with Crippen LogP contribution in [0.4, 0.5) is 8.78 Å². The molecule has 0 aliphatic carbocycles. The van der Waals surface area contributed by atoms with Gasteiger partial charge in [0.1, 0.15) is 23.5 Å². The second kappa shape index (κ2) is 7.75. The van der Waals surface area contributed by atoms with Gasteiger partial charge in [-0.05, 0) is 48.7 Å². The standard InChI is InChI=1S/C23H26F2N2O2/c1-14(2)8-9-27-12-20-22(13-27)29-21-10-15(4-6-18(21)23(28)26(20)3)17-7-5-16(24)11-19(17)25/h4-7,10-11,14,20,22H,8-9,12-13H2,1-3H3. The Balaban J connectivity index is 1.64. The Bertz CT molecular complexity index is 931. The SMILES string of the molecule is CC(C)CCN1CC2Oc3cc(-c4ccc(F)cc4F)ccc3C(=O)N(C)C2C1. The Hall–Kier alpha value is -2.47. The van der Waals surface area contributed by atoms with Gasteiger partial charge in [0.05, 0.1) is 11.6 Å². The molecule has 6 heteroatoms. The molecule has 2 unspecified atom stereocenters. The first-order valence-corrected chi connectivity index (χ1v) is 10.1. The molecule has 0 radical (unpaired) electrons. The molecule has 154 valence electrons. The lowest BCUT2D eigenvalue weighted by molar-refractivity contribution is 0.0682. The lowest BCUT2D eigenvalue weighted by Crippen LogP contribution is -2.44. The van der Waals surface area contributed by atoms with E-state index in [0.29, 0.717) is 22.8 Å². The smallest absolute Gasteiger partial charge is 0.257 e. The summed E-state index contributed by atoms with van der Waals surface area (Å²) in [4.78, 5) is 17.1. The molecule has 2 aromatic carbocycles. The molecule has 0 N–H and O–H groups in total. The minimum atomic E-state index is -0.638. The van der Waals surface area contributed by atoms with Crippen LogP contribution >= 0.6 is 0 Å². The lowest BCUT2D eigenvalue weighted by Gasteiger charge is -2.25. The average molecular weight is 400 g/mol. The zero-order chi connectivity index (χ0) is 20.7. The van der Waals surface area contributed by atoms with Gasteiger partial charge in [0, 0.05) is 31.8 Å². The third-order valence-corrected chi connectivity index (χ3v) is 5.89. The van der Waals surface area contributed by atoms with E-state index in [-0.39, 0.29) is 23.6 Å². The van der Waals surface area contributed by atoms with Crippen LogP contribution in [0.5, 0.6) is 5.75 Å². The van der Waals surface area contributed by atoms with Gasteiger partial charge in [-0.25, -0.2) is 8.78 Å². The van der Waals surface area contributed by atoms with Crippen LogP contribution in [-0.2, 0) is 0 Å². The summed E-state index contributed by atoms with van der Waals surface area (Å²) in [6.07, 6.45) is 0.965. The zero-order valence-corrected chi connectivity index (χ0v) is 17.0. The van der Waals surface area contributed by atoms with Crippen LogP contribution in [0.3, 0.4) is 0 Å². The van der Waals surface area contributed by atoms with Crippen molar-refractivity contribution in [3.8, 4) is 16.9 Å². The minimum Gasteiger partial charge on any atom is -0.486 e. The number of hydrogen-bond donors (Lipinski definition) is 0. The van der Waals surface area contributed by atoms with Crippen LogP contribution in [0.15, 0.2) is 36.4 Å². The first kappa shape index (κ1) is 19.8. The van der Waals surface area contributed by atoms with Crippen LogP contribution < -0.4 is 4.74 Å². The maximum absolute atomic E-state index is 14.2. The van der Waals surface area contributed by atoms with Crippen LogP contribution in [0.1, 0.15) is 30.6 Å². The van der Waals surface area contributed by atoms with Gasteiger partial charge >= 0.3 is 0 Å². The summed E-state index contributed by atoms with van der Waals surface area (Å²) in [6.45, 7) is 6.92. The van der Waals surface area contributed by atoms with Crippen molar-refractivity contribution < 1.29 is 18.3 Å². The van der Waals surface area contributed by atoms with Crippen LogP contribution in [0.25, 0.3) is 11.1 Å². The van der Waals surface area contributed by atoms with Gasteiger partial charge in [-0.1, -0.05) is 19.9 Å². The average Bonchev–Trinajstić information content (AvgIpc) is 3.04. The number of ether oxygens (including phenoxy) is 1. The monoisotopic (exact) mass is 400 g/mol. The Morgan fingerprint density at radius 2 is 1.86 bits per heavy atom. The number of carbonyl (C=O) groups is 1. The molecule has 1 saturated heterocycles. The van der Waals surface area contributed by atoms with E-state index in [1.54, 1.807) is 23.1 Å². The van der Waals surface area contributed by atoms with E-state index >= 15 is 0 Å². The molecule has 4 nitrogen and oxygen atoms in total. The maximum atomic E-state index is 14.2. The van der Waals surface area contributed by atoms with Gasteiger partial charge in [0.15, 0.2) is 0 Å². The number of nitrogens with zero attached hydrogens (tertiary/aromatic N) is 2. The maximum Gasteiger partial charge on any atom is 0.257 e. The molecule has 4 rings (SSSR count). The number of halogens is 2. The largest absolute Gasteiger partial charge is 0.486 e. The first-order chi connectivity index (χ1) is 13.8. The summed E-state index contributed by atoms with van der Waals surface area (Å²) >= 11 is 0. The number of likely N-dealkylation sites (N-methyl/N-ethyl adjacent to an activating group) is 1. The normalized spacial score (nSPS) is 21.7. The van der Waals surface area contributed by atoms with Gasteiger partial charge in [-0.3, -0.25) is 9.69 Å². The zero-order valence-electron chi connectivity index (χ0n) is 17.0. The quantitative estimate of drug-likeness (QED) is 0.771. The van der Waals surface area contributed by atoms with Crippen molar-refractivity contribution in [3.05, 3.63) is 53.6 Å². The predicted molar refractivity (Wildman–Crippen MR) is 108 cm³/mol. The van der Waals surface area contributed by atoms with Crippen LogP contribution in [-0.4, -0.2) is 54.5 Å². The van der Waals surface area contributed by atoms with Crippen LogP contribution in [0.2, 0.25) is 0 Å². The van der Waals surface area contributed by atoms with E-state index in [0.717, 1.165) is 32.1 Å². The van der Waals surface area contributed by atoms with Crippen molar-refractivity contribution in [2.24, 2.45) is 5.92 Å². The topological polar surface area (TPSA) is 32.8 Å². The molecule has 2 atom stereocenters. The van der Waals surface area contributed by atoms with E-state index in [1.165, 1.54) is 12.1 Å². The van der Waals surface area contributed by atoms with E-state index in [2.05, 4.69) is 18.7 Å². The van der Waals surface area contributed by atoms with Crippen molar-refractivity contribution in [3.63, 3.8) is 0 Å². The molecular formula is C23H26F2N2O2. The predicted octanol–water partition coefficient (Wildman–Crippen LogP) is 4.20. The van der Waals surface area contributed by atoms with Gasteiger partial charge in [0.25, 0.3) is 5.91 Å². The fourth-order valence-electron chi connectivity index (χ4n) is 4.14. The number of rotatable bonds is 4. The summed E-state index contributed by atoms with van der Waals surface area (Å²) in [5.74, 6) is -0.273. The van der Waals surface area contributed by atoms with Crippen molar-refractivity contribution >= 4 is 5.91 Å². The molecular weight excluding hydrogens is 374 g/mol. The third kappa shape index (κ3) is 3.86.